The lowest BCUT2D eigenvalue weighted by atomic mass is 10.0. The van der Waals surface area contributed by atoms with Crippen LogP contribution in [0.5, 0.6) is 11.5 Å². The fourth-order valence-corrected chi connectivity index (χ4v) is 2.19. The molecule has 0 radical (unpaired) electrons. The lowest BCUT2D eigenvalue weighted by Gasteiger charge is -2.08. The molecule has 0 aliphatic heterocycles. The van der Waals surface area contributed by atoms with Crippen molar-refractivity contribution in [2.24, 2.45) is 0 Å². The molecule has 3 nitrogen and oxygen atoms in total. The first-order valence-corrected chi connectivity index (χ1v) is 6.28. The van der Waals surface area contributed by atoms with Crippen LogP contribution >= 0.6 is 0 Å². The molecule has 3 aromatic rings. The van der Waals surface area contributed by atoms with Gasteiger partial charge in [0, 0.05) is 16.5 Å². The standard InChI is InChI=1S/C17H9F2NO2/c1-2-9-7-16(10-5-13(18)17(22)14(19)6-10)20-15-4-3-11(21)8-12(9)15/h1,3-8,21-22H. The van der Waals surface area contributed by atoms with Crippen molar-refractivity contribution in [3.8, 4) is 35.1 Å². The van der Waals surface area contributed by atoms with E-state index < -0.39 is 17.4 Å². The molecule has 0 aliphatic carbocycles. The third-order valence-corrected chi connectivity index (χ3v) is 3.26. The molecular formula is C17H9F2NO2. The number of phenols is 2. The summed E-state index contributed by atoms with van der Waals surface area (Å²) in [5.41, 5.74) is 1.34. The van der Waals surface area contributed by atoms with Crippen LogP contribution in [-0.2, 0) is 0 Å². The van der Waals surface area contributed by atoms with Crippen molar-refractivity contribution in [3.63, 3.8) is 0 Å². The normalized spacial score (nSPS) is 10.6. The summed E-state index contributed by atoms with van der Waals surface area (Å²) >= 11 is 0. The number of nitrogens with zero attached hydrogens (tertiary/aromatic N) is 1. The van der Waals surface area contributed by atoms with Crippen molar-refractivity contribution in [2.45, 2.75) is 0 Å². The van der Waals surface area contributed by atoms with Gasteiger partial charge < -0.3 is 10.2 Å². The summed E-state index contributed by atoms with van der Waals surface area (Å²) in [5.74, 6) is -0.691. The predicted octanol–water partition coefficient (Wildman–Crippen LogP) is 3.57. The molecule has 22 heavy (non-hydrogen) atoms. The second-order valence-electron chi connectivity index (χ2n) is 4.69. The summed E-state index contributed by atoms with van der Waals surface area (Å²) < 4.78 is 27.0. The first kappa shape index (κ1) is 13.8. The Bertz CT molecular complexity index is 922. The Morgan fingerprint density at radius 2 is 1.68 bits per heavy atom. The maximum absolute atomic E-state index is 13.5. The molecule has 0 spiro atoms. The number of pyridine rings is 1. The van der Waals surface area contributed by atoms with Crippen LogP contribution < -0.4 is 0 Å². The van der Waals surface area contributed by atoms with E-state index in [1.54, 1.807) is 6.07 Å². The van der Waals surface area contributed by atoms with E-state index in [2.05, 4.69) is 10.9 Å². The van der Waals surface area contributed by atoms with Crippen LogP contribution in [0, 0.1) is 24.0 Å². The van der Waals surface area contributed by atoms with Crippen molar-refractivity contribution >= 4 is 10.9 Å². The Labute approximate surface area is 124 Å². The molecule has 0 amide bonds. The maximum atomic E-state index is 13.5. The number of aromatic hydroxyl groups is 2. The molecule has 0 bridgehead atoms. The molecule has 5 heteroatoms. The number of rotatable bonds is 1. The Morgan fingerprint density at radius 3 is 2.32 bits per heavy atom. The smallest absolute Gasteiger partial charge is 0.187 e. The van der Waals surface area contributed by atoms with Gasteiger partial charge in [-0.05, 0) is 36.4 Å². The summed E-state index contributed by atoms with van der Waals surface area (Å²) in [4.78, 5) is 4.29. The first-order chi connectivity index (χ1) is 10.5. The van der Waals surface area contributed by atoms with Crippen molar-refractivity contribution < 1.29 is 19.0 Å². The van der Waals surface area contributed by atoms with Crippen LogP contribution in [-0.4, -0.2) is 15.2 Å². The zero-order valence-electron chi connectivity index (χ0n) is 11.1. The van der Waals surface area contributed by atoms with Crippen LogP contribution in [0.25, 0.3) is 22.2 Å². The molecule has 0 saturated carbocycles. The number of terminal acetylenes is 1. The third kappa shape index (κ3) is 2.21. The molecule has 0 saturated heterocycles. The number of halogens is 2. The van der Waals surface area contributed by atoms with Gasteiger partial charge in [-0.25, -0.2) is 13.8 Å². The summed E-state index contributed by atoms with van der Waals surface area (Å²) in [6.07, 6.45) is 5.45. The van der Waals surface area contributed by atoms with Crippen molar-refractivity contribution in [1.82, 2.24) is 4.98 Å². The molecular weight excluding hydrogens is 288 g/mol. The minimum atomic E-state index is -1.08. The largest absolute Gasteiger partial charge is 0.508 e. The third-order valence-electron chi connectivity index (χ3n) is 3.26. The fourth-order valence-electron chi connectivity index (χ4n) is 2.19. The van der Waals surface area contributed by atoms with Crippen LogP contribution in [0.15, 0.2) is 36.4 Å². The summed E-state index contributed by atoms with van der Waals surface area (Å²) in [5, 5.41) is 19.2. The maximum Gasteiger partial charge on any atom is 0.187 e. The topological polar surface area (TPSA) is 53.4 Å². The van der Waals surface area contributed by atoms with Gasteiger partial charge in [0.25, 0.3) is 0 Å². The minimum absolute atomic E-state index is 0.0419. The van der Waals surface area contributed by atoms with Gasteiger partial charge in [0.1, 0.15) is 5.75 Å². The van der Waals surface area contributed by atoms with E-state index in [0.717, 1.165) is 12.1 Å². The molecule has 0 unspecified atom stereocenters. The molecule has 3 rings (SSSR count). The van der Waals surface area contributed by atoms with Gasteiger partial charge in [-0.2, -0.15) is 0 Å². The SMILES string of the molecule is C#Cc1cc(-c2cc(F)c(O)c(F)c2)nc2ccc(O)cc12. The predicted molar refractivity (Wildman–Crippen MR) is 78.4 cm³/mol. The van der Waals surface area contributed by atoms with E-state index in [9.17, 15) is 13.9 Å². The van der Waals surface area contributed by atoms with Crippen LogP contribution in [0.3, 0.4) is 0 Å². The Morgan fingerprint density at radius 1 is 1.00 bits per heavy atom. The monoisotopic (exact) mass is 297 g/mol. The van der Waals surface area contributed by atoms with Gasteiger partial charge in [-0.15, -0.1) is 6.42 Å². The quantitative estimate of drug-likeness (QED) is 0.675. The van der Waals surface area contributed by atoms with Crippen LogP contribution in [0.2, 0.25) is 0 Å². The van der Waals surface area contributed by atoms with Gasteiger partial charge in [-0.1, -0.05) is 5.92 Å². The second kappa shape index (κ2) is 5.01. The lowest BCUT2D eigenvalue weighted by Crippen LogP contribution is -1.92. The van der Waals surface area contributed by atoms with Gasteiger partial charge >= 0.3 is 0 Å². The second-order valence-corrected chi connectivity index (χ2v) is 4.69. The van der Waals surface area contributed by atoms with E-state index in [4.69, 9.17) is 11.5 Å². The van der Waals surface area contributed by atoms with Gasteiger partial charge in [0.15, 0.2) is 17.4 Å². The summed E-state index contributed by atoms with van der Waals surface area (Å²) in [6, 6.07) is 7.92. The molecule has 0 fully saturated rings. The molecule has 108 valence electrons. The Balaban J connectivity index is 2.29. The molecule has 0 atom stereocenters. The van der Waals surface area contributed by atoms with Gasteiger partial charge in [-0.3, -0.25) is 0 Å². The average Bonchev–Trinajstić information content (AvgIpc) is 2.51. The highest BCUT2D eigenvalue weighted by atomic mass is 19.1. The van der Waals surface area contributed by atoms with E-state index in [-0.39, 0.29) is 17.0 Å². The van der Waals surface area contributed by atoms with Crippen molar-refractivity contribution in [2.75, 3.05) is 0 Å². The van der Waals surface area contributed by atoms with Gasteiger partial charge in [0.05, 0.1) is 11.2 Å². The van der Waals surface area contributed by atoms with E-state index >= 15 is 0 Å². The molecule has 1 aromatic heterocycles. The molecule has 1 heterocycles. The number of phenolic OH excluding ortho intramolecular Hbond substituents is 2. The Kier molecular flexibility index (Phi) is 3.15. The number of benzene rings is 2. The van der Waals surface area contributed by atoms with Crippen LogP contribution in [0.1, 0.15) is 5.56 Å². The lowest BCUT2D eigenvalue weighted by molar-refractivity contribution is 0.396. The highest BCUT2D eigenvalue weighted by Crippen LogP contribution is 2.30. The highest BCUT2D eigenvalue weighted by Gasteiger charge is 2.13. The molecule has 2 aromatic carbocycles. The van der Waals surface area contributed by atoms with Crippen molar-refractivity contribution in [3.05, 3.63) is 53.6 Å². The number of aromatic nitrogens is 1. The number of hydrogen-bond acceptors (Lipinski definition) is 3. The van der Waals surface area contributed by atoms with Gasteiger partial charge in [0.2, 0.25) is 0 Å². The van der Waals surface area contributed by atoms with E-state index in [1.165, 1.54) is 18.2 Å². The number of fused-ring (bicyclic) bond motifs is 1. The summed E-state index contributed by atoms with van der Waals surface area (Å²) in [6.45, 7) is 0. The molecule has 2 N–H and O–H groups in total. The fraction of sp³-hybridized carbons (Fsp3) is 0. The minimum Gasteiger partial charge on any atom is -0.508 e. The van der Waals surface area contributed by atoms with E-state index in [0.29, 0.717) is 16.5 Å². The van der Waals surface area contributed by atoms with E-state index in [1.807, 2.05) is 0 Å². The summed E-state index contributed by atoms with van der Waals surface area (Å²) in [7, 11) is 0. The zero-order valence-corrected chi connectivity index (χ0v) is 11.1. The highest BCUT2D eigenvalue weighted by molar-refractivity contribution is 5.88. The average molecular weight is 297 g/mol. The van der Waals surface area contributed by atoms with Crippen molar-refractivity contribution in [1.29, 1.82) is 0 Å². The zero-order chi connectivity index (χ0) is 15.9. The first-order valence-electron chi connectivity index (χ1n) is 6.28. The molecule has 0 aliphatic rings. The number of hydrogen-bond donors (Lipinski definition) is 2. The van der Waals surface area contributed by atoms with Crippen LogP contribution in [0.4, 0.5) is 8.78 Å². The Hall–Kier alpha value is -3.13.